The number of hydrogen-bond donors (Lipinski definition) is 1. The van der Waals surface area contributed by atoms with Crippen molar-refractivity contribution >= 4 is 32.7 Å². The van der Waals surface area contributed by atoms with Crippen LogP contribution in [0.5, 0.6) is 5.75 Å². The first-order chi connectivity index (χ1) is 14.7. The second-order valence-corrected chi connectivity index (χ2v) is 7.44. The third-order valence-electron chi connectivity index (χ3n) is 4.45. The predicted molar refractivity (Wildman–Crippen MR) is 120 cm³/mol. The van der Waals surface area contributed by atoms with E-state index in [0.29, 0.717) is 12.2 Å². The summed E-state index contributed by atoms with van der Waals surface area (Å²) in [6.45, 7) is 0.546. The van der Waals surface area contributed by atoms with Gasteiger partial charge in [-0.1, -0.05) is 70.5 Å². The van der Waals surface area contributed by atoms with E-state index < -0.39 is 0 Å². The number of para-hydroxylation sites is 1. The van der Waals surface area contributed by atoms with E-state index in [0.717, 1.165) is 32.4 Å². The zero-order chi connectivity index (χ0) is 20.8. The topological polar surface area (TPSA) is 60.5 Å². The highest BCUT2D eigenvalue weighted by atomic mass is 79.9. The Morgan fingerprint density at radius 2 is 1.63 bits per heavy atom. The number of pyridine rings is 1. The summed E-state index contributed by atoms with van der Waals surface area (Å²) in [5.74, 6) is 0.423. The van der Waals surface area contributed by atoms with Gasteiger partial charge in [0.1, 0.15) is 19.0 Å². The Morgan fingerprint density at radius 3 is 2.40 bits per heavy atom. The van der Waals surface area contributed by atoms with Crippen molar-refractivity contribution in [1.82, 2.24) is 10.5 Å². The zero-order valence-corrected chi connectivity index (χ0v) is 17.6. The Morgan fingerprint density at radius 1 is 0.900 bits per heavy atom. The van der Waals surface area contributed by atoms with E-state index in [1.165, 1.54) is 0 Å². The van der Waals surface area contributed by atoms with Gasteiger partial charge in [-0.15, -0.1) is 0 Å². The van der Waals surface area contributed by atoms with Crippen LogP contribution < -0.4 is 10.2 Å². The van der Waals surface area contributed by atoms with E-state index in [1.807, 2.05) is 78.9 Å². The molecule has 0 radical (unpaired) electrons. The molecule has 0 aliphatic rings. The van der Waals surface area contributed by atoms with Crippen LogP contribution in [0.2, 0.25) is 0 Å². The lowest BCUT2D eigenvalue weighted by Gasteiger charge is -2.11. The number of nitrogens with zero attached hydrogens (tertiary/aromatic N) is 1. The number of hydrogen-bond acceptors (Lipinski definition) is 4. The summed E-state index contributed by atoms with van der Waals surface area (Å²) in [5, 5.41) is 0.750. The average molecular weight is 463 g/mol. The number of ether oxygens (including phenoxy) is 1. The lowest BCUT2D eigenvalue weighted by molar-refractivity contribution is 0.0201. The summed E-state index contributed by atoms with van der Waals surface area (Å²) in [4.78, 5) is 22.9. The van der Waals surface area contributed by atoms with Crippen LogP contribution >= 0.6 is 15.9 Å². The van der Waals surface area contributed by atoms with E-state index in [1.54, 1.807) is 6.07 Å². The number of halogens is 1. The van der Waals surface area contributed by atoms with Gasteiger partial charge in [0.15, 0.2) is 0 Å². The molecule has 1 N–H and O–H groups in total. The van der Waals surface area contributed by atoms with Crippen molar-refractivity contribution in [3.8, 4) is 17.0 Å². The van der Waals surface area contributed by atoms with E-state index in [2.05, 4.69) is 21.4 Å². The van der Waals surface area contributed by atoms with E-state index in [9.17, 15) is 4.79 Å². The molecule has 5 nitrogen and oxygen atoms in total. The molecule has 4 rings (SSSR count). The first-order valence-corrected chi connectivity index (χ1v) is 10.3. The van der Waals surface area contributed by atoms with Crippen LogP contribution in [0, 0.1) is 0 Å². The van der Waals surface area contributed by atoms with Crippen LogP contribution in [0.3, 0.4) is 0 Å². The number of aromatic nitrogens is 1. The minimum atomic E-state index is -0.332. The van der Waals surface area contributed by atoms with Gasteiger partial charge in [0.25, 0.3) is 5.91 Å². The minimum Gasteiger partial charge on any atom is -0.491 e. The number of nitrogens with one attached hydrogen (secondary N) is 1. The summed E-state index contributed by atoms with van der Waals surface area (Å²) in [6.07, 6.45) is 0. The van der Waals surface area contributed by atoms with Gasteiger partial charge in [0.05, 0.1) is 16.8 Å². The largest absolute Gasteiger partial charge is 0.491 e. The molecule has 1 amide bonds. The number of fused-ring (bicyclic) bond motifs is 1. The maximum absolute atomic E-state index is 12.8. The van der Waals surface area contributed by atoms with Crippen molar-refractivity contribution in [2.75, 3.05) is 13.2 Å². The predicted octanol–water partition coefficient (Wildman–Crippen LogP) is 5.40. The molecule has 0 aliphatic carbocycles. The molecule has 30 heavy (non-hydrogen) atoms. The Kier molecular flexibility index (Phi) is 6.37. The molecule has 3 aromatic carbocycles. The highest BCUT2D eigenvalue weighted by Crippen LogP contribution is 2.27. The van der Waals surface area contributed by atoms with Gasteiger partial charge in [0.2, 0.25) is 0 Å². The lowest BCUT2D eigenvalue weighted by Crippen LogP contribution is -2.26. The highest BCUT2D eigenvalue weighted by Gasteiger charge is 2.14. The lowest BCUT2D eigenvalue weighted by atomic mass is 10.0. The number of rotatable bonds is 7. The van der Waals surface area contributed by atoms with Gasteiger partial charge in [-0.25, -0.2) is 10.5 Å². The van der Waals surface area contributed by atoms with E-state index in [4.69, 9.17) is 14.6 Å². The molecule has 6 heteroatoms. The Hall–Kier alpha value is -3.22. The average Bonchev–Trinajstić information content (AvgIpc) is 2.79. The SMILES string of the molecule is O=C(NOCCOc1ccccc1)c1cc(-c2ccccc2)nc2cc(Br)ccc12. The smallest absolute Gasteiger partial charge is 0.275 e. The molecule has 150 valence electrons. The number of hydroxylamine groups is 1. The van der Waals surface area contributed by atoms with Crippen LogP contribution in [0.1, 0.15) is 10.4 Å². The first-order valence-electron chi connectivity index (χ1n) is 9.46. The maximum atomic E-state index is 12.8. The number of carbonyl (C=O) groups excluding carboxylic acids is 1. The Bertz CT molecular complexity index is 1150. The Labute approximate surface area is 182 Å². The van der Waals surface area contributed by atoms with Crippen molar-refractivity contribution < 1.29 is 14.4 Å². The Balaban J connectivity index is 1.49. The zero-order valence-electron chi connectivity index (χ0n) is 16.0. The molecule has 1 heterocycles. The molecule has 0 spiro atoms. The van der Waals surface area contributed by atoms with Crippen LogP contribution in [-0.4, -0.2) is 24.1 Å². The quantitative estimate of drug-likeness (QED) is 0.294. The number of amides is 1. The highest BCUT2D eigenvalue weighted by molar-refractivity contribution is 9.10. The van der Waals surface area contributed by atoms with Gasteiger partial charge in [-0.3, -0.25) is 9.63 Å². The third-order valence-corrected chi connectivity index (χ3v) is 4.94. The van der Waals surface area contributed by atoms with Crippen molar-refractivity contribution in [3.63, 3.8) is 0 Å². The second kappa shape index (κ2) is 9.52. The summed E-state index contributed by atoms with van der Waals surface area (Å²) in [7, 11) is 0. The number of carbonyl (C=O) groups is 1. The minimum absolute atomic E-state index is 0.223. The van der Waals surface area contributed by atoms with Gasteiger partial charge in [-0.2, -0.15) is 0 Å². The molecule has 4 aromatic rings. The van der Waals surface area contributed by atoms with Crippen molar-refractivity contribution in [1.29, 1.82) is 0 Å². The molecule has 0 aliphatic heterocycles. The molecule has 0 unspecified atom stereocenters. The second-order valence-electron chi connectivity index (χ2n) is 6.52. The van der Waals surface area contributed by atoms with Crippen LogP contribution in [0.25, 0.3) is 22.2 Å². The maximum Gasteiger partial charge on any atom is 0.275 e. The van der Waals surface area contributed by atoms with E-state index in [-0.39, 0.29) is 12.5 Å². The molecular formula is C24H19BrN2O3. The fraction of sp³-hybridized carbons (Fsp3) is 0.0833. The monoisotopic (exact) mass is 462 g/mol. The standard InChI is InChI=1S/C24H19BrN2O3/c25-18-11-12-20-21(16-22(26-23(20)15-18)17-7-3-1-4-8-17)24(28)27-30-14-13-29-19-9-5-2-6-10-19/h1-12,15-16H,13-14H2,(H,27,28). The molecule has 0 atom stereocenters. The summed E-state index contributed by atoms with van der Waals surface area (Å²) >= 11 is 3.47. The molecule has 1 aromatic heterocycles. The van der Waals surface area contributed by atoms with Gasteiger partial charge >= 0.3 is 0 Å². The van der Waals surface area contributed by atoms with Gasteiger partial charge < -0.3 is 4.74 Å². The molecular weight excluding hydrogens is 444 g/mol. The van der Waals surface area contributed by atoms with Crippen LogP contribution in [0.15, 0.2) is 89.4 Å². The summed E-state index contributed by atoms with van der Waals surface area (Å²) in [5.41, 5.74) is 5.39. The third kappa shape index (κ3) is 4.84. The first kappa shape index (κ1) is 20.1. The fourth-order valence-corrected chi connectivity index (χ4v) is 3.38. The van der Waals surface area contributed by atoms with Crippen molar-refractivity contribution in [2.45, 2.75) is 0 Å². The molecule has 0 saturated carbocycles. The fourth-order valence-electron chi connectivity index (χ4n) is 3.04. The van der Waals surface area contributed by atoms with Crippen molar-refractivity contribution in [2.24, 2.45) is 0 Å². The molecule has 0 bridgehead atoms. The van der Waals surface area contributed by atoms with Gasteiger partial charge in [-0.05, 0) is 30.3 Å². The van der Waals surface area contributed by atoms with Crippen LogP contribution in [-0.2, 0) is 4.84 Å². The summed E-state index contributed by atoms with van der Waals surface area (Å²) < 4.78 is 6.46. The number of benzene rings is 3. The van der Waals surface area contributed by atoms with E-state index >= 15 is 0 Å². The van der Waals surface area contributed by atoms with Crippen LogP contribution in [0.4, 0.5) is 0 Å². The summed E-state index contributed by atoms with van der Waals surface area (Å²) in [6, 6.07) is 26.6. The molecule has 0 fully saturated rings. The molecule has 0 saturated heterocycles. The van der Waals surface area contributed by atoms with Gasteiger partial charge in [0, 0.05) is 15.4 Å². The van der Waals surface area contributed by atoms with Crippen molar-refractivity contribution in [3.05, 3.63) is 95.0 Å². The normalized spacial score (nSPS) is 10.7.